The predicted molar refractivity (Wildman–Crippen MR) is 85.3 cm³/mol. The van der Waals surface area contributed by atoms with Gasteiger partial charge in [0.1, 0.15) is 0 Å². The Balaban J connectivity index is 2.00. The van der Waals surface area contributed by atoms with Crippen LogP contribution in [0.25, 0.3) is 0 Å². The van der Waals surface area contributed by atoms with E-state index in [1.807, 2.05) is 7.05 Å². The van der Waals surface area contributed by atoms with Gasteiger partial charge in [0.2, 0.25) is 5.89 Å². The van der Waals surface area contributed by atoms with Crippen LogP contribution in [0, 0.1) is 0 Å². The van der Waals surface area contributed by atoms with Crippen LogP contribution in [-0.2, 0) is 22.8 Å². The van der Waals surface area contributed by atoms with Crippen LogP contribution in [0.1, 0.15) is 57.2 Å². The van der Waals surface area contributed by atoms with E-state index in [-0.39, 0.29) is 11.3 Å². The lowest BCUT2D eigenvalue weighted by Crippen LogP contribution is -2.46. The molecule has 7 heteroatoms. The zero-order valence-electron chi connectivity index (χ0n) is 13.8. The first-order valence-corrected chi connectivity index (χ1v) is 10.1. The Kier molecular flexibility index (Phi) is 5.97. The van der Waals surface area contributed by atoms with Gasteiger partial charge in [-0.25, -0.2) is 8.42 Å². The van der Waals surface area contributed by atoms with Gasteiger partial charge >= 0.3 is 0 Å². The van der Waals surface area contributed by atoms with Crippen LogP contribution in [0.4, 0.5) is 0 Å². The van der Waals surface area contributed by atoms with Crippen molar-refractivity contribution in [2.24, 2.45) is 0 Å². The number of hydrogen-bond acceptors (Lipinski definition) is 6. The predicted octanol–water partition coefficient (Wildman–Crippen LogP) is 2.20. The quantitative estimate of drug-likeness (QED) is 0.763. The second kappa shape index (κ2) is 7.55. The summed E-state index contributed by atoms with van der Waals surface area (Å²) in [5.74, 6) is 1.32. The van der Waals surface area contributed by atoms with E-state index in [1.165, 1.54) is 6.26 Å². The summed E-state index contributed by atoms with van der Waals surface area (Å²) in [5.41, 5.74) is 0. The van der Waals surface area contributed by atoms with Crippen molar-refractivity contribution in [3.05, 3.63) is 11.7 Å². The summed E-state index contributed by atoms with van der Waals surface area (Å²) in [5, 5.41) is 3.73. The Hall–Kier alpha value is -0.950. The lowest BCUT2D eigenvalue weighted by molar-refractivity contribution is 0.181. The summed E-state index contributed by atoms with van der Waals surface area (Å²) in [7, 11) is -1.07. The summed E-state index contributed by atoms with van der Waals surface area (Å²) in [6.07, 6.45) is 8.02. The van der Waals surface area contributed by atoms with Gasteiger partial charge in [-0.05, 0) is 26.3 Å². The zero-order valence-corrected chi connectivity index (χ0v) is 14.6. The average molecular weight is 329 g/mol. The lowest BCUT2D eigenvalue weighted by atomic mass is 9.94. The molecule has 126 valence electrons. The van der Waals surface area contributed by atoms with Gasteiger partial charge in [0.05, 0.1) is 11.8 Å². The molecule has 0 unspecified atom stereocenters. The van der Waals surface area contributed by atoms with Crippen molar-refractivity contribution in [3.8, 4) is 0 Å². The van der Waals surface area contributed by atoms with E-state index in [0.717, 1.165) is 44.9 Å². The van der Waals surface area contributed by atoms with Gasteiger partial charge in [0.25, 0.3) is 0 Å². The van der Waals surface area contributed by atoms with Gasteiger partial charge in [-0.2, -0.15) is 4.98 Å². The molecule has 0 N–H and O–H groups in total. The van der Waals surface area contributed by atoms with Gasteiger partial charge in [0.15, 0.2) is 15.7 Å². The third-order valence-electron chi connectivity index (χ3n) is 4.43. The fourth-order valence-electron chi connectivity index (χ4n) is 3.21. The molecular formula is C15H27N3O3S. The summed E-state index contributed by atoms with van der Waals surface area (Å²) >= 11 is 0. The highest BCUT2D eigenvalue weighted by molar-refractivity contribution is 7.91. The maximum atomic E-state index is 12.0. The SMILES string of the molecule is CCCCc1nc(CN(C)[C@H]2CCCC[C@@H]2S(C)(=O)=O)no1. The van der Waals surface area contributed by atoms with E-state index >= 15 is 0 Å². The Labute approximate surface area is 133 Å². The van der Waals surface area contributed by atoms with Gasteiger partial charge in [-0.3, -0.25) is 4.90 Å². The van der Waals surface area contributed by atoms with Crippen LogP contribution in [0.5, 0.6) is 0 Å². The molecule has 0 radical (unpaired) electrons. The summed E-state index contributed by atoms with van der Waals surface area (Å²) in [4.78, 5) is 6.47. The molecule has 0 bridgehead atoms. The molecule has 2 rings (SSSR count). The Morgan fingerprint density at radius 1 is 1.32 bits per heavy atom. The molecule has 1 aromatic rings. The smallest absolute Gasteiger partial charge is 0.226 e. The fraction of sp³-hybridized carbons (Fsp3) is 0.867. The highest BCUT2D eigenvalue weighted by Crippen LogP contribution is 2.28. The first-order valence-electron chi connectivity index (χ1n) is 8.12. The van der Waals surface area contributed by atoms with Gasteiger partial charge in [-0.15, -0.1) is 0 Å². The monoisotopic (exact) mass is 329 g/mol. The van der Waals surface area contributed by atoms with Crippen LogP contribution in [-0.4, -0.2) is 48.1 Å². The van der Waals surface area contributed by atoms with E-state index in [1.54, 1.807) is 0 Å². The maximum absolute atomic E-state index is 12.0. The molecule has 22 heavy (non-hydrogen) atoms. The summed E-state index contributed by atoms with van der Waals surface area (Å²) in [6, 6.07) is 0.0429. The molecule has 1 saturated carbocycles. The third-order valence-corrected chi connectivity index (χ3v) is 6.08. The van der Waals surface area contributed by atoms with Gasteiger partial charge < -0.3 is 4.52 Å². The van der Waals surface area contributed by atoms with Gasteiger partial charge in [-0.1, -0.05) is 31.3 Å². The van der Waals surface area contributed by atoms with E-state index in [0.29, 0.717) is 18.3 Å². The van der Waals surface area contributed by atoms with Crippen molar-refractivity contribution in [1.82, 2.24) is 15.0 Å². The van der Waals surface area contributed by atoms with Crippen molar-refractivity contribution < 1.29 is 12.9 Å². The minimum atomic E-state index is -3.03. The van der Waals surface area contributed by atoms with Crippen LogP contribution >= 0.6 is 0 Å². The van der Waals surface area contributed by atoms with Crippen molar-refractivity contribution in [2.45, 2.75) is 69.7 Å². The zero-order chi connectivity index (χ0) is 16.2. The summed E-state index contributed by atoms with van der Waals surface area (Å²) < 4.78 is 29.2. The molecule has 1 aliphatic carbocycles. The maximum Gasteiger partial charge on any atom is 0.226 e. The normalized spacial score (nSPS) is 23.1. The highest BCUT2D eigenvalue weighted by Gasteiger charge is 2.35. The topological polar surface area (TPSA) is 76.3 Å². The van der Waals surface area contributed by atoms with E-state index in [9.17, 15) is 8.42 Å². The molecular weight excluding hydrogens is 302 g/mol. The standard InChI is InChI=1S/C15H27N3O3S/c1-4-5-10-15-16-14(17-21-15)11-18(2)12-8-6-7-9-13(12)22(3,19)20/h12-13H,4-11H2,1-3H3/t12-,13-/m0/s1. The van der Waals surface area contributed by atoms with Crippen LogP contribution in [0.3, 0.4) is 0 Å². The van der Waals surface area contributed by atoms with Crippen molar-refractivity contribution in [2.75, 3.05) is 13.3 Å². The molecule has 0 aromatic carbocycles. The Bertz CT molecular complexity index is 570. The fourth-order valence-corrected chi connectivity index (χ4v) is 4.71. The first-order chi connectivity index (χ1) is 10.4. The first kappa shape index (κ1) is 17.4. The number of aryl methyl sites for hydroxylation is 1. The number of sulfone groups is 1. The Morgan fingerprint density at radius 3 is 2.73 bits per heavy atom. The second-order valence-electron chi connectivity index (χ2n) is 6.34. The molecule has 2 atom stereocenters. The Morgan fingerprint density at radius 2 is 2.05 bits per heavy atom. The van der Waals surface area contributed by atoms with Gasteiger partial charge in [0, 0.05) is 18.7 Å². The third kappa shape index (κ3) is 4.52. The number of rotatable bonds is 7. The highest BCUT2D eigenvalue weighted by atomic mass is 32.2. The molecule has 1 fully saturated rings. The number of hydrogen-bond donors (Lipinski definition) is 0. The molecule has 6 nitrogen and oxygen atoms in total. The molecule has 0 amide bonds. The largest absolute Gasteiger partial charge is 0.339 e. The lowest BCUT2D eigenvalue weighted by Gasteiger charge is -2.36. The average Bonchev–Trinajstić information content (AvgIpc) is 2.91. The minimum Gasteiger partial charge on any atom is -0.339 e. The van der Waals surface area contributed by atoms with Crippen molar-refractivity contribution in [3.63, 3.8) is 0 Å². The molecule has 1 heterocycles. The molecule has 1 aromatic heterocycles. The van der Waals surface area contributed by atoms with Crippen LogP contribution in [0.15, 0.2) is 4.52 Å². The summed E-state index contributed by atoms with van der Waals surface area (Å²) in [6.45, 7) is 2.66. The molecule has 0 aliphatic heterocycles. The number of nitrogens with zero attached hydrogens (tertiary/aromatic N) is 3. The van der Waals surface area contributed by atoms with E-state index in [4.69, 9.17) is 4.52 Å². The van der Waals surface area contributed by atoms with E-state index < -0.39 is 9.84 Å². The van der Waals surface area contributed by atoms with Crippen LogP contribution in [0.2, 0.25) is 0 Å². The van der Waals surface area contributed by atoms with Crippen molar-refractivity contribution >= 4 is 9.84 Å². The number of aromatic nitrogens is 2. The number of unbranched alkanes of at least 4 members (excludes halogenated alkanes) is 1. The second-order valence-corrected chi connectivity index (χ2v) is 8.61. The minimum absolute atomic E-state index is 0.0429. The van der Waals surface area contributed by atoms with E-state index in [2.05, 4.69) is 22.0 Å². The molecule has 0 spiro atoms. The van der Waals surface area contributed by atoms with Crippen molar-refractivity contribution in [1.29, 1.82) is 0 Å². The van der Waals surface area contributed by atoms with Crippen LogP contribution < -0.4 is 0 Å². The molecule has 0 saturated heterocycles. The molecule has 1 aliphatic rings.